The number of carbonyl (C=O) groups excluding carboxylic acids is 1. The molecular formula is C16H15ClN6O. The minimum absolute atomic E-state index is 0.124. The Balaban J connectivity index is 1.54. The van der Waals surface area contributed by atoms with Crippen molar-refractivity contribution in [3.8, 4) is 5.69 Å². The molecular weight excluding hydrogens is 328 g/mol. The number of nitrogens with zero attached hydrogens (tertiary/aromatic N) is 4. The van der Waals surface area contributed by atoms with E-state index < -0.39 is 0 Å². The molecule has 0 radical (unpaired) electrons. The van der Waals surface area contributed by atoms with Crippen molar-refractivity contribution in [2.45, 2.75) is 6.42 Å². The summed E-state index contributed by atoms with van der Waals surface area (Å²) in [5.41, 5.74) is 1.39. The highest BCUT2D eigenvalue weighted by Gasteiger charge is 2.07. The van der Waals surface area contributed by atoms with Crippen LogP contribution in [-0.4, -0.2) is 32.2 Å². The standard InChI is InChI=1S/C16H15ClN6O/c17-13-11-12(3-4-14(13)23-10-2-8-21-23)22-15(24)5-9-20-16-18-6-1-7-19-16/h1-4,6-8,10-11H,5,9H2,(H,22,24)(H,18,19,20). The van der Waals surface area contributed by atoms with E-state index in [0.29, 0.717) is 23.2 Å². The third-order valence-corrected chi connectivity index (χ3v) is 3.49. The zero-order valence-electron chi connectivity index (χ0n) is 12.7. The summed E-state index contributed by atoms with van der Waals surface area (Å²) < 4.78 is 1.66. The van der Waals surface area contributed by atoms with Gasteiger partial charge in [0.1, 0.15) is 0 Å². The summed E-state index contributed by atoms with van der Waals surface area (Å²) in [5, 5.41) is 10.4. The van der Waals surface area contributed by atoms with Crippen molar-refractivity contribution in [2.75, 3.05) is 17.2 Å². The maximum Gasteiger partial charge on any atom is 0.226 e. The van der Waals surface area contributed by atoms with Gasteiger partial charge in [0.25, 0.3) is 0 Å². The Kier molecular flexibility index (Phi) is 5.02. The summed E-state index contributed by atoms with van der Waals surface area (Å²) >= 11 is 6.25. The number of amides is 1. The molecule has 2 aromatic heterocycles. The molecule has 8 heteroatoms. The third kappa shape index (κ3) is 4.08. The fraction of sp³-hybridized carbons (Fsp3) is 0.125. The Hall–Kier alpha value is -2.93. The first-order valence-electron chi connectivity index (χ1n) is 7.33. The second kappa shape index (κ2) is 7.56. The molecule has 3 aromatic rings. The Labute approximate surface area is 143 Å². The van der Waals surface area contributed by atoms with E-state index >= 15 is 0 Å². The van der Waals surface area contributed by atoms with Crippen LogP contribution in [0.3, 0.4) is 0 Å². The first-order chi connectivity index (χ1) is 11.7. The average Bonchev–Trinajstić information content (AvgIpc) is 3.10. The molecule has 0 aliphatic rings. The Morgan fingerprint density at radius 1 is 1.17 bits per heavy atom. The van der Waals surface area contributed by atoms with Gasteiger partial charge in [0.2, 0.25) is 11.9 Å². The van der Waals surface area contributed by atoms with Gasteiger partial charge in [0.05, 0.1) is 10.7 Å². The number of anilines is 2. The zero-order valence-corrected chi connectivity index (χ0v) is 13.4. The maximum absolute atomic E-state index is 12.0. The minimum Gasteiger partial charge on any atom is -0.354 e. The molecule has 7 nitrogen and oxygen atoms in total. The predicted molar refractivity (Wildman–Crippen MR) is 92.3 cm³/mol. The number of aromatic nitrogens is 4. The van der Waals surface area contributed by atoms with Gasteiger partial charge in [-0.3, -0.25) is 4.79 Å². The molecule has 24 heavy (non-hydrogen) atoms. The second-order valence-electron chi connectivity index (χ2n) is 4.91. The van der Waals surface area contributed by atoms with E-state index in [1.807, 2.05) is 6.07 Å². The lowest BCUT2D eigenvalue weighted by Gasteiger charge is -2.09. The number of benzene rings is 1. The summed E-state index contributed by atoms with van der Waals surface area (Å²) in [7, 11) is 0. The van der Waals surface area contributed by atoms with Gasteiger partial charge in [0.15, 0.2) is 0 Å². The van der Waals surface area contributed by atoms with Crippen molar-refractivity contribution in [2.24, 2.45) is 0 Å². The predicted octanol–water partition coefficient (Wildman–Crippen LogP) is 2.76. The number of halogens is 1. The van der Waals surface area contributed by atoms with Crippen molar-refractivity contribution in [1.29, 1.82) is 0 Å². The van der Waals surface area contributed by atoms with Crippen molar-refractivity contribution in [1.82, 2.24) is 19.7 Å². The largest absolute Gasteiger partial charge is 0.354 e. The third-order valence-electron chi connectivity index (χ3n) is 3.18. The van der Waals surface area contributed by atoms with E-state index in [9.17, 15) is 4.79 Å². The quantitative estimate of drug-likeness (QED) is 0.719. The number of hydrogen-bond acceptors (Lipinski definition) is 5. The average molecular weight is 343 g/mol. The number of carbonyl (C=O) groups is 1. The lowest BCUT2D eigenvalue weighted by atomic mass is 10.2. The maximum atomic E-state index is 12.0. The molecule has 1 aromatic carbocycles. The molecule has 3 rings (SSSR count). The molecule has 0 aliphatic carbocycles. The lowest BCUT2D eigenvalue weighted by molar-refractivity contribution is -0.115. The van der Waals surface area contributed by atoms with Crippen molar-refractivity contribution in [3.63, 3.8) is 0 Å². The lowest BCUT2D eigenvalue weighted by Crippen LogP contribution is -2.17. The van der Waals surface area contributed by atoms with E-state index in [-0.39, 0.29) is 12.3 Å². The van der Waals surface area contributed by atoms with Gasteiger partial charge in [-0.25, -0.2) is 14.6 Å². The van der Waals surface area contributed by atoms with Crippen LogP contribution < -0.4 is 10.6 Å². The molecule has 0 spiro atoms. The van der Waals surface area contributed by atoms with Crippen LogP contribution in [0.4, 0.5) is 11.6 Å². The van der Waals surface area contributed by atoms with Crippen LogP contribution in [0.5, 0.6) is 0 Å². The highest BCUT2D eigenvalue weighted by atomic mass is 35.5. The molecule has 122 valence electrons. The van der Waals surface area contributed by atoms with E-state index in [2.05, 4.69) is 25.7 Å². The molecule has 0 fully saturated rings. The topological polar surface area (TPSA) is 84.7 Å². The molecule has 0 unspecified atom stereocenters. The molecule has 1 amide bonds. The van der Waals surface area contributed by atoms with Crippen molar-refractivity contribution in [3.05, 3.63) is 60.1 Å². The molecule has 0 bridgehead atoms. The van der Waals surface area contributed by atoms with Crippen LogP contribution in [0, 0.1) is 0 Å². The van der Waals surface area contributed by atoms with E-state index in [1.165, 1.54) is 0 Å². The molecule has 0 aliphatic heterocycles. The molecule has 0 saturated carbocycles. The summed E-state index contributed by atoms with van der Waals surface area (Å²) in [6.07, 6.45) is 7.04. The number of rotatable bonds is 6. The number of nitrogens with one attached hydrogen (secondary N) is 2. The first kappa shape index (κ1) is 15.9. The Morgan fingerprint density at radius 3 is 2.71 bits per heavy atom. The van der Waals surface area contributed by atoms with Crippen molar-refractivity contribution >= 4 is 29.1 Å². The Morgan fingerprint density at radius 2 is 2.00 bits per heavy atom. The van der Waals surface area contributed by atoms with Gasteiger partial charge in [0, 0.05) is 43.4 Å². The summed E-state index contributed by atoms with van der Waals surface area (Å²) in [5.74, 6) is 0.373. The van der Waals surface area contributed by atoms with Crippen LogP contribution >= 0.6 is 11.6 Å². The van der Waals surface area contributed by atoms with Crippen LogP contribution in [0.25, 0.3) is 5.69 Å². The first-order valence-corrected chi connectivity index (χ1v) is 7.70. The fourth-order valence-corrected chi connectivity index (χ4v) is 2.35. The van der Waals surface area contributed by atoms with E-state index in [1.54, 1.807) is 53.7 Å². The van der Waals surface area contributed by atoms with Gasteiger partial charge in [-0.15, -0.1) is 0 Å². The molecule has 2 heterocycles. The highest BCUT2D eigenvalue weighted by Crippen LogP contribution is 2.23. The summed E-state index contributed by atoms with van der Waals surface area (Å²) in [6, 6.07) is 8.84. The van der Waals surface area contributed by atoms with E-state index in [0.717, 1.165) is 5.69 Å². The molecule has 0 atom stereocenters. The van der Waals surface area contributed by atoms with Gasteiger partial charge in [-0.1, -0.05) is 11.6 Å². The fourth-order valence-electron chi connectivity index (χ4n) is 2.08. The van der Waals surface area contributed by atoms with Crippen LogP contribution in [0.2, 0.25) is 5.02 Å². The summed E-state index contributed by atoms with van der Waals surface area (Å²) in [4.78, 5) is 20.0. The van der Waals surface area contributed by atoms with Crippen LogP contribution in [0.15, 0.2) is 55.1 Å². The Bertz CT molecular complexity index is 807. The van der Waals surface area contributed by atoms with Gasteiger partial charge in [-0.2, -0.15) is 5.10 Å². The van der Waals surface area contributed by atoms with Crippen LogP contribution in [0.1, 0.15) is 6.42 Å². The summed E-state index contributed by atoms with van der Waals surface area (Å²) in [6.45, 7) is 0.439. The normalized spacial score (nSPS) is 10.4. The minimum atomic E-state index is -0.124. The van der Waals surface area contributed by atoms with Gasteiger partial charge < -0.3 is 10.6 Å². The SMILES string of the molecule is O=C(CCNc1ncccn1)Nc1ccc(-n2cccn2)c(Cl)c1. The second-order valence-corrected chi connectivity index (χ2v) is 5.32. The highest BCUT2D eigenvalue weighted by molar-refractivity contribution is 6.32. The number of hydrogen-bond donors (Lipinski definition) is 2. The smallest absolute Gasteiger partial charge is 0.226 e. The monoisotopic (exact) mass is 342 g/mol. The molecule has 2 N–H and O–H groups in total. The van der Waals surface area contributed by atoms with Crippen LogP contribution in [-0.2, 0) is 4.79 Å². The van der Waals surface area contributed by atoms with Gasteiger partial charge >= 0.3 is 0 Å². The van der Waals surface area contributed by atoms with E-state index in [4.69, 9.17) is 11.6 Å². The van der Waals surface area contributed by atoms with Gasteiger partial charge in [-0.05, 0) is 30.3 Å². The van der Waals surface area contributed by atoms with Crippen molar-refractivity contribution < 1.29 is 4.79 Å². The zero-order chi connectivity index (χ0) is 16.8. The molecule has 0 saturated heterocycles.